The van der Waals surface area contributed by atoms with Gasteiger partial charge < -0.3 is 20.1 Å². The second-order valence-electron chi connectivity index (χ2n) is 10.3. The van der Waals surface area contributed by atoms with Crippen LogP contribution in [0, 0.1) is 5.82 Å². The molecule has 3 aromatic rings. The highest BCUT2D eigenvalue weighted by Gasteiger charge is 2.39. The van der Waals surface area contributed by atoms with Gasteiger partial charge in [-0.15, -0.1) is 22.6 Å². The van der Waals surface area contributed by atoms with Crippen molar-refractivity contribution in [2.24, 2.45) is 0 Å². The number of phenolic OH excluding ortho intramolecular Hbond substituents is 1. The van der Waals surface area contributed by atoms with E-state index in [-0.39, 0.29) is 46.5 Å². The van der Waals surface area contributed by atoms with E-state index < -0.39 is 5.82 Å². The average molecular weight is 502 g/mol. The second-order valence-corrected chi connectivity index (χ2v) is 10.3. The molecule has 0 bridgehead atoms. The molecule has 9 heteroatoms. The van der Waals surface area contributed by atoms with Crippen LogP contribution in [0.4, 0.5) is 10.2 Å². The molecular formula is C26H33ClFN5O2. The first kappa shape index (κ1) is 26.6. The highest BCUT2D eigenvalue weighted by molar-refractivity contribution is 5.85. The summed E-state index contributed by atoms with van der Waals surface area (Å²) in [6, 6.07) is 10.1. The maximum atomic E-state index is 15.1. The topological polar surface area (TPSA) is 83.4 Å². The molecule has 4 rings (SSSR count). The van der Waals surface area contributed by atoms with E-state index in [9.17, 15) is 5.11 Å². The number of hydrogen-bond acceptors (Lipinski definition) is 7. The van der Waals surface area contributed by atoms with Gasteiger partial charge in [0.05, 0.1) is 18.4 Å². The number of halogens is 2. The zero-order chi connectivity index (χ0) is 24.7. The van der Waals surface area contributed by atoms with Crippen LogP contribution in [-0.2, 0) is 0 Å². The molecule has 0 radical (unpaired) electrons. The van der Waals surface area contributed by atoms with Gasteiger partial charge in [-0.05, 0) is 82.0 Å². The zero-order valence-electron chi connectivity index (χ0n) is 21.0. The monoisotopic (exact) mass is 501 g/mol. The third kappa shape index (κ3) is 5.82. The molecule has 7 nitrogen and oxygen atoms in total. The summed E-state index contributed by atoms with van der Waals surface area (Å²) in [4.78, 5) is 6.20. The summed E-state index contributed by atoms with van der Waals surface area (Å²) in [6.45, 7) is 8.84. The van der Waals surface area contributed by atoms with E-state index in [4.69, 9.17) is 4.74 Å². The van der Waals surface area contributed by atoms with Crippen LogP contribution in [0.25, 0.3) is 22.4 Å². The third-order valence-corrected chi connectivity index (χ3v) is 6.33. The Balaban J connectivity index is 0.00000342. The Morgan fingerprint density at radius 2 is 1.71 bits per heavy atom. The Kier molecular flexibility index (Phi) is 7.57. The van der Waals surface area contributed by atoms with Crippen molar-refractivity contribution < 1.29 is 14.2 Å². The molecule has 1 aliphatic heterocycles. The summed E-state index contributed by atoms with van der Waals surface area (Å²) in [5.74, 6) is 0.335. The molecule has 188 valence electrons. The average Bonchev–Trinajstić information content (AvgIpc) is 2.76. The molecule has 1 fully saturated rings. The number of nitrogens with zero attached hydrogens (tertiary/aromatic N) is 4. The van der Waals surface area contributed by atoms with Crippen molar-refractivity contribution in [3.05, 3.63) is 48.4 Å². The van der Waals surface area contributed by atoms with Crippen LogP contribution in [0.15, 0.2) is 42.6 Å². The Bertz CT molecular complexity index is 1150. The van der Waals surface area contributed by atoms with Crippen molar-refractivity contribution in [2.45, 2.75) is 57.7 Å². The van der Waals surface area contributed by atoms with Crippen molar-refractivity contribution in [2.75, 3.05) is 19.1 Å². The van der Waals surface area contributed by atoms with Crippen LogP contribution in [-0.4, -0.2) is 51.6 Å². The first-order chi connectivity index (χ1) is 16.0. The number of benzene rings is 1. The lowest BCUT2D eigenvalue weighted by Crippen LogP contribution is -2.62. The van der Waals surface area contributed by atoms with Crippen LogP contribution in [0.1, 0.15) is 40.5 Å². The SMILES string of the molecule is COc1cc(-c2cc(O)c(-c3ccc(N(C)C4CC(C)(C)NC(C)(C)C4)nn3)c(F)c2)ccn1.Cl. The van der Waals surface area contributed by atoms with E-state index in [1.54, 1.807) is 24.4 Å². The Morgan fingerprint density at radius 1 is 1.03 bits per heavy atom. The van der Waals surface area contributed by atoms with Crippen molar-refractivity contribution in [1.82, 2.24) is 20.5 Å². The molecule has 2 N–H and O–H groups in total. The number of anilines is 1. The number of aromatic nitrogens is 3. The van der Waals surface area contributed by atoms with Crippen molar-refractivity contribution in [3.8, 4) is 34.0 Å². The fraction of sp³-hybridized carbons (Fsp3) is 0.423. The molecule has 0 spiro atoms. The molecule has 1 aliphatic rings. The van der Waals surface area contributed by atoms with Crippen LogP contribution in [0.2, 0.25) is 0 Å². The number of rotatable bonds is 5. The minimum absolute atomic E-state index is 0. The number of phenols is 1. The van der Waals surface area contributed by atoms with Crippen LogP contribution in [0.5, 0.6) is 11.6 Å². The molecule has 35 heavy (non-hydrogen) atoms. The normalized spacial score (nSPS) is 16.9. The van der Waals surface area contributed by atoms with Crippen LogP contribution < -0.4 is 15.0 Å². The van der Waals surface area contributed by atoms with Gasteiger partial charge in [0.25, 0.3) is 0 Å². The maximum Gasteiger partial charge on any atom is 0.213 e. The van der Waals surface area contributed by atoms with Gasteiger partial charge in [-0.25, -0.2) is 9.37 Å². The largest absolute Gasteiger partial charge is 0.507 e. The van der Waals surface area contributed by atoms with E-state index in [1.807, 2.05) is 13.1 Å². The van der Waals surface area contributed by atoms with E-state index in [0.29, 0.717) is 22.8 Å². The number of pyridine rings is 1. The van der Waals surface area contributed by atoms with Gasteiger partial charge in [0.2, 0.25) is 5.88 Å². The highest BCUT2D eigenvalue weighted by atomic mass is 35.5. The van der Waals surface area contributed by atoms with E-state index in [0.717, 1.165) is 12.8 Å². The quantitative estimate of drug-likeness (QED) is 0.495. The van der Waals surface area contributed by atoms with Crippen molar-refractivity contribution in [1.29, 1.82) is 0 Å². The predicted molar refractivity (Wildman–Crippen MR) is 139 cm³/mol. The molecule has 0 amide bonds. The fourth-order valence-electron chi connectivity index (χ4n) is 5.09. The van der Waals surface area contributed by atoms with Crippen LogP contribution in [0.3, 0.4) is 0 Å². The summed E-state index contributed by atoms with van der Waals surface area (Å²) >= 11 is 0. The first-order valence-corrected chi connectivity index (χ1v) is 11.4. The number of ether oxygens (including phenoxy) is 1. The molecule has 1 saturated heterocycles. The van der Waals surface area contributed by atoms with Gasteiger partial charge in [-0.3, -0.25) is 0 Å². The predicted octanol–water partition coefficient (Wildman–Crippen LogP) is 5.23. The van der Waals surface area contributed by atoms with Crippen LogP contribution >= 0.6 is 12.4 Å². The van der Waals surface area contributed by atoms with Crippen molar-refractivity contribution >= 4 is 18.2 Å². The molecule has 1 aromatic carbocycles. The third-order valence-electron chi connectivity index (χ3n) is 6.33. The molecule has 0 saturated carbocycles. The summed E-state index contributed by atoms with van der Waals surface area (Å²) in [6.07, 6.45) is 3.50. The van der Waals surface area contributed by atoms with Gasteiger partial charge >= 0.3 is 0 Å². The smallest absolute Gasteiger partial charge is 0.213 e. The molecular weight excluding hydrogens is 469 g/mol. The first-order valence-electron chi connectivity index (χ1n) is 11.4. The lowest BCUT2D eigenvalue weighted by atomic mass is 9.79. The Labute approximate surface area is 212 Å². The lowest BCUT2D eigenvalue weighted by molar-refractivity contribution is 0.160. The Morgan fingerprint density at radius 3 is 2.29 bits per heavy atom. The van der Waals surface area contributed by atoms with Gasteiger partial charge in [-0.1, -0.05) is 0 Å². The lowest BCUT2D eigenvalue weighted by Gasteiger charge is -2.49. The van der Waals surface area contributed by atoms with Crippen molar-refractivity contribution in [3.63, 3.8) is 0 Å². The molecule has 0 unspecified atom stereocenters. The van der Waals surface area contributed by atoms with Gasteiger partial charge in [-0.2, -0.15) is 0 Å². The summed E-state index contributed by atoms with van der Waals surface area (Å²) in [5.41, 5.74) is 1.50. The van der Waals surface area contributed by atoms with Gasteiger partial charge in [0.15, 0.2) is 5.82 Å². The minimum atomic E-state index is -0.581. The minimum Gasteiger partial charge on any atom is -0.507 e. The van der Waals surface area contributed by atoms with Gasteiger partial charge in [0.1, 0.15) is 11.6 Å². The number of methoxy groups -OCH3 is 1. The number of nitrogens with one attached hydrogen (secondary N) is 1. The summed E-state index contributed by atoms with van der Waals surface area (Å²) in [5, 5.41) is 22.9. The standard InChI is InChI=1S/C26H32FN5O2.ClH/c1-25(2)14-18(15-26(3,4)31-25)32(5)22-8-7-20(29-30-22)24-19(27)11-17(12-21(24)33)16-9-10-28-23(13-16)34-6;/h7-13,18,31,33H,14-15H2,1-6H3;1H. The highest BCUT2D eigenvalue weighted by Crippen LogP contribution is 2.37. The molecule has 0 aliphatic carbocycles. The maximum absolute atomic E-state index is 15.1. The van der Waals surface area contributed by atoms with E-state index in [2.05, 4.69) is 53.1 Å². The molecule has 3 heterocycles. The number of piperidine rings is 1. The molecule has 2 aromatic heterocycles. The molecule has 0 atom stereocenters. The number of aromatic hydroxyl groups is 1. The van der Waals surface area contributed by atoms with Gasteiger partial charge in [0, 0.05) is 36.4 Å². The Hall–Kier alpha value is -2.97. The zero-order valence-corrected chi connectivity index (χ0v) is 21.8. The summed E-state index contributed by atoms with van der Waals surface area (Å²) < 4.78 is 20.2. The van der Waals surface area contributed by atoms with E-state index >= 15 is 4.39 Å². The van der Waals surface area contributed by atoms with E-state index in [1.165, 1.54) is 19.2 Å². The fourth-order valence-corrected chi connectivity index (χ4v) is 5.09. The summed E-state index contributed by atoms with van der Waals surface area (Å²) in [7, 11) is 3.53. The second kappa shape index (κ2) is 9.95. The number of hydrogen-bond donors (Lipinski definition) is 2.